The van der Waals surface area contributed by atoms with E-state index in [-0.39, 0.29) is 0 Å². The maximum Gasteiger partial charge on any atom is 0.320 e. The van der Waals surface area contributed by atoms with Crippen LogP contribution in [0.5, 0.6) is 17.2 Å². The molecule has 0 aliphatic carbocycles. The minimum absolute atomic E-state index is 0.422. The van der Waals surface area contributed by atoms with Crippen molar-refractivity contribution in [1.82, 2.24) is 4.90 Å². The van der Waals surface area contributed by atoms with Crippen LogP contribution < -0.4 is 14.2 Å². The lowest BCUT2D eigenvalue weighted by Gasteiger charge is -2.33. The van der Waals surface area contributed by atoms with E-state index in [1.54, 1.807) is 18.2 Å². The van der Waals surface area contributed by atoms with Crippen molar-refractivity contribution >= 4 is 5.97 Å². The summed E-state index contributed by atoms with van der Waals surface area (Å²) in [5.41, 5.74) is 1.24. The number of benzene rings is 2. The first-order valence-corrected chi connectivity index (χ1v) is 9.04. The van der Waals surface area contributed by atoms with Crippen molar-refractivity contribution < 1.29 is 28.5 Å². The number of carboxylic acids is 1. The van der Waals surface area contributed by atoms with Crippen molar-refractivity contribution in [3.63, 3.8) is 0 Å². The fourth-order valence-corrected chi connectivity index (χ4v) is 3.93. The Kier molecular flexibility index (Phi) is 6.04. The summed E-state index contributed by atoms with van der Waals surface area (Å²) in [5, 5.41) is 9.73. The molecule has 1 fully saturated rings. The lowest BCUT2D eigenvalue weighted by atomic mass is 9.94. The number of aliphatic carboxylic acids is 1. The first-order valence-electron chi connectivity index (χ1n) is 9.04. The Morgan fingerprint density at radius 3 is 2.50 bits per heavy atom. The van der Waals surface area contributed by atoms with Crippen LogP contribution in [0.3, 0.4) is 0 Å². The summed E-state index contributed by atoms with van der Waals surface area (Å²) in [6.45, 7) is 0.557. The molecule has 150 valence electrons. The van der Waals surface area contributed by atoms with E-state index in [0.29, 0.717) is 41.3 Å². The third-order valence-electron chi connectivity index (χ3n) is 5.13. The second-order valence-electron chi connectivity index (χ2n) is 6.61. The van der Waals surface area contributed by atoms with Crippen LogP contribution in [0.15, 0.2) is 36.4 Å². The topological polar surface area (TPSA) is 68.2 Å². The molecule has 7 heteroatoms. The zero-order valence-corrected chi connectivity index (χ0v) is 16.1. The summed E-state index contributed by atoms with van der Waals surface area (Å²) in [6.07, 6.45) is 1.26. The van der Waals surface area contributed by atoms with Gasteiger partial charge in [-0.15, -0.1) is 0 Å². The Labute approximate surface area is 163 Å². The fourth-order valence-electron chi connectivity index (χ4n) is 3.93. The smallest absolute Gasteiger partial charge is 0.320 e. The molecule has 0 amide bonds. The quantitative estimate of drug-likeness (QED) is 0.782. The summed E-state index contributed by atoms with van der Waals surface area (Å²) in [4.78, 5) is 13.7. The Balaban J connectivity index is 2.25. The molecule has 0 saturated carbocycles. The number of carbonyl (C=O) groups is 1. The number of methoxy groups -OCH3 is 3. The van der Waals surface area contributed by atoms with Crippen LogP contribution in [-0.2, 0) is 4.79 Å². The zero-order valence-electron chi connectivity index (χ0n) is 16.1. The first-order chi connectivity index (χ1) is 13.5. The Morgan fingerprint density at radius 1 is 1.11 bits per heavy atom. The number of hydrogen-bond donors (Lipinski definition) is 1. The molecule has 0 spiro atoms. The van der Waals surface area contributed by atoms with Gasteiger partial charge in [0.1, 0.15) is 17.6 Å². The van der Waals surface area contributed by atoms with Gasteiger partial charge in [-0.1, -0.05) is 12.1 Å². The number of halogens is 1. The molecule has 28 heavy (non-hydrogen) atoms. The van der Waals surface area contributed by atoms with Crippen LogP contribution in [0.2, 0.25) is 0 Å². The SMILES string of the molecule is COc1ccc(F)cc1C(c1cccc(OC)c1OC)N1CCCC1C(=O)O. The minimum Gasteiger partial charge on any atom is -0.496 e. The Bertz CT molecular complexity index is 857. The number of likely N-dealkylation sites (tertiary alicyclic amines) is 1. The Hall–Kier alpha value is -2.80. The maximum absolute atomic E-state index is 14.2. The Morgan fingerprint density at radius 2 is 1.86 bits per heavy atom. The van der Waals surface area contributed by atoms with Gasteiger partial charge in [0.25, 0.3) is 0 Å². The largest absolute Gasteiger partial charge is 0.496 e. The van der Waals surface area contributed by atoms with E-state index in [9.17, 15) is 14.3 Å². The van der Waals surface area contributed by atoms with Crippen LogP contribution in [0.4, 0.5) is 4.39 Å². The molecule has 1 aliphatic heterocycles. The highest BCUT2D eigenvalue weighted by atomic mass is 19.1. The second kappa shape index (κ2) is 8.48. The van der Waals surface area contributed by atoms with Gasteiger partial charge < -0.3 is 19.3 Å². The van der Waals surface area contributed by atoms with E-state index in [1.807, 2.05) is 11.0 Å². The summed E-state index contributed by atoms with van der Waals surface area (Å²) < 4.78 is 30.7. The molecular formula is C21H24FNO5. The van der Waals surface area contributed by atoms with E-state index >= 15 is 0 Å². The molecule has 2 aromatic carbocycles. The van der Waals surface area contributed by atoms with Gasteiger partial charge in [-0.25, -0.2) is 4.39 Å². The summed E-state index contributed by atoms with van der Waals surface area (Å²) in [5.74, 6) is 0.157. The van der Waals surface area contributed by atoms with Crippen LogP contribution in [0.25, 0.3) is 0 Å². The van der Waals surface area contributed by atoms with Crippen molar-refractivity contribution in [1.29, 1.82) is 0 Å². The van der Waals surface area contributed by atoms with E-state index in [0.717, 1.165) is 6.42 Å². The standard InChI is InChI=1S/C21H24FNO5/c1-26-17-10-9-13(22)12-15(17)19(23-11-5-7-16(23)21(24)25)14-6-4-8-18(27-2)20(14)28-3/h4,6,8-10,12,16,19H,5,7,11H2,1-3H3,(H,24,25). The van der Waals surface area contributed by atoms with Gasteiger partial charge >= 0.3 is 5.97 Å². The average Bonchev–Trinajstić information content (AvgIpc) is 3.18. The normalized spacial score (nSPS) is 17.9. The highest BCUT2D eigenvalue weighted by Crippen LogP contribution is 2.45. The summed E-state index contributed by atoms with van der Waals surface area (Å²) in [6, 6.07) is 8.42. The third kappa shape index (κ3) is 3.62. The molecule has 1 heterocycles. The van der Waals surface area contributed by atoms with E-state index in [2.05, 4.69) is 0 Å². The minimum atomic E-state index is -0.903. The molecule has 2 atom stereocenters. The fraction of sp³-hybridized carbons (Fsp3) is 0.381. The predicted molar refractivity (Wildman–Crippen MR) is 102 cm³/mol. The van der Waals surface area contributed by atoms with Gasteiger partial charge in [0.2, 0.25) is 0 Å². The van der Waals surface area contributed by atoms with E-state index in [1.165, 1.54) is 33.5 Å². The van der Waals surface area contributed by atoms with Gasteiger partial charge in [-0.2, -0.15) is 0 Å². The van der Waals surface area contributed by atoms with Crippen molar-refractivity contribution in [2.45, 2.75) is 24.9 Å². The van der Waals surface area contributed by atoms with Crippen molar-refractivity contribution in [3.05, 3.63) is 53.3 Å². The monoisotopic (exact) mass is 389 g/mol. The van der Waals surface area contributed by atoms with Crippen LogP contribution in [-0.4, -0.2) is 49.9 Å². The van der Waals surface area contributed by atoms with Crippen molar-refractivity contribution in [2.75, 3.05) is 27.9 Å². The average molecular weight is 389 g/mol. The highest BCUT2D eigenvalue weighted by molar-refractivity contribution is 5.74. The number of nitrogens with zero attached hydrogens (tertiary/aromatic N) is 1. The molecular weight excluding hydrogens is 365 g/mol. The maximum atomic E-state index is 14.2. The number of rotatable bonds is 7. The van der Waals surface area contributed by atoms with E-state index in [4.69, 9.17) is 14.2 Å². The number of para-hydroxylation sites is 1. The van der Waals surface area contributed by atoms with Gasteiger partial charge in [0.15, 0.2) is 11.5 Å². The van der Waals surface area contributed by atoms with Gasteiger partial charge in [-0.05, 0) is 37.1 Å². The molecule has 0 bridgehead atoms. The lowest BCUT2D eigenvalue weighted by molar-refractivity contribution is -0.142. The molecule has 1 N–H and O–H groups in total. The summed E-state index contributed by atoms with van der Waals surface area (Å²) >= 11 is 0. The number of hydrogen-bond acceptors (Lipinski definition) is 5. The molecule has 6 nitrogen and oxygen atoms in total. The number of ether oxygens (including phenoxy) is 3. The zero-order chi connectivity index (χ0) is 20.3. The van der Waals surface area contributed by atoms with Gasteiger partial charge in [-0.3, -0.25) is 9.69 Å². The van der Waals surface area contributed by atoms with Crippen LogP contribution in [0.1, 0.15) is 30.0 Å². The van der Waals surface area contributed by atoms with Crippen molar-refractivity contribution in [2.24, 2.45) is 0 Å². The first kappa shape index (κ1) is 19.9. The van der Waals surface area contributed by atoms with Crippen molar-refractivity contribution in [3.8, 4) is 17.2 Å². The van der Waals surface area contributed by atoms with Gasteiger partial charge in [0, 0.05) is 17.7 Å². The molecule has 2 unspecified atom stereocenters. The molecule has 1 saturated heterocycles. The lowest BCUT2D eigenvalue weighted by Crippen LogP contribution is -2.39. The number of carboxylic acid groups (broad SMARTS) is 1. The van der Waals surface area contributed by atoms with Gasteiger partial charge in [0.05, 0.1) is 27.4 Å². The predicted octanol–water partition coefficient (Wildman–Crippen LogP) is 3.49. The molecule has 3 rings (SSSR count). The summed E-state index contributed by atoms with van der Waals surface area (Å²) in [7, 11) is 4.57. The second-order valence-corrected chi connectivity index (χ2v) is 6.61. The molecule has 1 aliphatic rings. The van der Waals surface area contributed by atoms with E-state index < -0.39 is 23.9 Å². The third-order valence-corrected chi connectivity index (χ3v) is 5.13. The van der Waals surface area contributed by atoms with Crippen LogP contribution in [0, 0.1) is 5.82 Å². The van der Waals surface area contributed by atoms with Crippen LogP contribution >= 0.6 is 0 Å². The molecule has 0 aromatic heterocycles. The molecule has 0 radical (unpaired) electrons. The molecule has 2 aromatic rings. The highest BCUT2D eigenvalue weighted by Gasteiger charge is 2.39.